The van der Waals surface area contributed by atoms with Crippen LogP contribution in [0, 0.1) is 6.92 Å². The number of benzene rings is 1. The van der Waals surface area contributed by atoms with Gasteiger partial charge in [0.05, 0.1) is 26.0 Å². The van der Waals surface area contributed by atoms with Gasteiger partial charge < -0.3 is 18.6 Å². The van der Waals surface area contributed by atoms with Crippen LogP contribution in [-0.4, -0.2) is 63.5 Å². The van der Waals surface area contributed by atoms with E-state index in [4.69, 9.17) is 13.7 Å². The first-order chi connectivity index (χ1) is 15.7. The van der Waals surface area contributed by atoms with Gasteiger partial charge in [-0.3, -0.25) is 9.88 Å². The van der Waals surface area contributed by atoms with Crippen LogP contribution in [0.5, 0.6) is 5.88 Å². The minimum absolute atomic E-state index is 0.419. The molecule has 4 aromatic rings. The van der Waals surface area contributed by atoms with Gasteiger partial charge in [-0.15, -0.1) is 10.2 Å². The molecule has 0 saturated carbocycles. The molecule has 0 N–H and O–H groups in total. The lowest BCUT2D eigenvalue weighted by molar-refractivity contribution is 0.226. The summed E-state index contributed by atoms with van der Waals surface area (Å²) in [6, 6.07) is 9.83. The Hall–Kier alpha value is -3.79. The van der Waals surface area contributed by atoms with E-state index in [9.17, 15) is 0 Å². The minimum Gasteiger partial charge on any atom is -0.480 e. The lowest BCUT2D eigenvalue weighted by Gasteiger charge is -2.34. The largest absolute Gasteiger partial charge is 0.480 e. The maximum atomic E-state index is 6.00. The van der Waals surface area contributed by atoms with Crippen molar-refractivity contribution in [1.82, 2.24) is 30.2 Å². The number of hydrogen-bond acceptors (Lipinski definition) is 10. The molecule has 0 aliphatic carbocycles. The molecule has 1 aromatic carbocycles. The van der Waals surface area contributed by atoms with Gasteiger partial charge in [0.2, 0.25) is 11.8 Å². The number of ether oxygens (including phenoxy) is 1. The Labute approximate surface area is 184 Å². The maximum Gasteiger partial charge on any atom is 0.253 e. The molecule has 0 unspecified atom stereocenters. The minimum atomic E-state index is 0.419. The molecule has 0 spiro atoms. The van der Waals surface area contributed by atoms with E-state index in [0.29, 0.717) is 35.7 Å². The molecule has 164 valence electrons. The van der Waals surface area contributed by atoms with Crippen LogP contribution in [0.3, 0.4) is 0 Å². The van der Waals surface area contributed by atoms with Crippen LogP contribution in [0.1, 0.15) is 11.7 Å². The monoisotopic (exact) mass is 433 g/mol. The third kappa shape index (κ3) is 4.04. The Morgan fingerprint density at radius 3 is 2.62 bits per heavy atom. The van der Waals surface area contributed by atoms with Crippen LogP contribution >= 0.6 is 0 Å². The second kappa shape index (κ2) is 8.75. The van der Waals surface area contributed by atoms with Crippen LogP contribution < -0.4 is 9.64 Å². The molecule has 32 heavy (non-hydrogen) atoms. The highest BCUT2D eigenvalue weighted by molar-refractivity contribution is 5.77. The Kier molecular flexibility index (Phi) is 5.51. The molecule has 3 aromatic heterocycles. The van der Waals surface area contributed by atoms with Gasteiger partial charge in [-0.1, -0.05) is 35.5 Å². The number of methoxy groups -OCH3 is 1. The summed E-state index contributed by atoms with van der Waals surface area (Å²) in [6.45, 7) is 5.77. The molecule has 0 amide bonds. The summed E-state index contributed by atoms with van der Waals surface area (Å²) < 4.78 is 16.6. The average Bonchev–Trinajstić information content (AvgIpc) is 3.46. The van der Waals surface area contributed by atoms with Gasteiger partial charge in [0.25, 0.3) is 5.89 Å². The van der Waals surface area contributed by atoms with Crippen molar-refractivity contribution >= 4 is 5.82 Å². The van der Waals surface area contributed by atoms with Crippen LogP contribution in [-0.2, 0) is 6.54 Å². The number of aryl methyl sites for hydroxylation is 1. The van der Waals surface area contributed by atoms with E-state index in [1.165, 1.54) is 0 Å². The summed E-state index contributed by atoms with van der Waals surface area (Å²) in [7, 11) is 1.59. The van der Waals surface area contributed by atoms with E-state index in [0.717, 1.165) is 43.1 Å². The van der Waals surface area contributed by atoms with Crippen LogP contribution in [0.25, 0.3) is 22.7 Å². The van der Waals surface area contributed by atoms with Crippen LogP contribution in [0.4, 0.5) is 5.82 Å². The zero-order valence-corrected chi connectivity index (χ0v) is 17.9. The van der Waals surface area contributed by atoms with Crippen molar-refractivity contribution in [3.05, 3.63) is 54.4 Å². The summed E-state index contributed by atoms with van der Waals surface area (Å²) in [6.07, 6.45) is 3.36. The van der Waals surface area contributed by atoms with Crippen LogP contribution in [0.15, 0.2) is 51.7 Å². The first-order valence-corrected chi connectivity index (χ1v) is 10.4. The molecule has 0 atom stereocenters. The SMILES string of the molecule is COc1cncc(N2CCN(Cc3nnc(-c4c(-c5ccccc5)noc4C)o3)CC2)n1. The molecule has 0 radical (unpaired) electrons. The Balaban J connectivity index is 1.26. The summed E-state index contributed by atoms with van der Waals surface area (Å²) in [4.78, 5) is 13.1. The maximum absolute atomic E-state index is 6.00. The highest BCUT2D eigenvalue weighted by atomic mass is 16.5. The van der Waals surface area contributed by atoms with Crippen molar-refractivity contribution in [2.75, 3.05) is 38.2 Å². The Morgan fingerprint density at radius 1 is 1.03 bits per heavy atom. The van der Waals surface area contributed by atoms with Crippen LogP contribution in [0.2, 0.25) is 0 Å². The van der Waals surface area contributed by atoms with E-state index < -0.39 is 0 Å². The normalized spacial score (nSPS) is 14.6. The van der Waals surface area contributed by atoms with Crippen molar-refractivity contribution in [3.63, 3.8) is 0 Å². The van der Waals surface area contributed by atoms with Crippen molar-refractivity contribution in [2.45, 2.75) is 13.5 Å². The number of anilines is 1. The highest BCUT2D eigenvalue weighted by Crippen LogP contribution is 2.33. The van der Waals surface area contributed by atoms with E-state index in [1.54, 1.807) is 19.5 Å². The fourth-order valence-corrected chi connectivity index (χ4v) is 3.75. The summed E-state index contributed by atoms with van der Waals surface area (Å²) in [5, 5.41) is 12.7. The number of aromatic nitrogens is 5. The molecule has 1 saturated heterocycles. The standard InChI is InChI=1S/C22H23N7O3/c1-15-20(21(27-32-15)16-6-4-3-5-7-16)22-26-25-19(31-22)14-28-8-10-29(11-9-28)17-12-23-13-18(24-17)30-2/h3-7,12-13H,8-11,14H2,1-2H3. The quantitative estimate of drug-likeness (QED) is 0.450. The van der Waals surface area contributed by atoms with Gasteiger partial charge >= 0.3 is 0 Å². The number of piperazine rings is 1. The third-order valence-corrected chi connectivity index (χ3v) is 5.45. The number of rotatable bonds is 6. The van der Waals surface area contributed by atoms with Gasteiger partial charge in [-0.25, -0.2) is 0 Å². The van der Waals surface area contributed by atoms with Gasteiger partial charge in [-0.05, 0) is 6.92 Å². The fourth-order valence-electron chi connectivity index (χ4n) is 3.75. The molecular weight excluding hydrogens is 410 g/mol. The summed E-state index contributed by atoms with van der Waals surface area (Å²) in [5.41, 5.74) is 2.37. The molecule has 1 fully saturated rings. The molecule has 1 aliphatic rings. The van der Waals surface area contributed by atoms with Gasteiger partial charge in [0, 0.05) is 31.7 Å². The Morgan fingerprint density at radius 2 is 1.84 bits per heavy atom. The lowest BCUT2D eigenvalue weighted by atomic mass is 10.1. The van der Waals surface area contributed by atoms with Crippen molar-refractivity contribution in [3.8, 4) is 28.6 Å². The smallest absolute Gasteiger partial charge is 0.253 e. The number of nitrogens with zero attached hydrogens (tertiary/aromatic N) is 7. The van der Waals surface area contributed by atoms with Gasteiger partial charge in [0.1, 0.15) is 17.0 Å². The third-order valence-electron chi connectivity index (χ3n) is 5.45. The Bertz CT molecular complexity index is 1180. The zero-order chi connectivity index (χ0) is 21.9. The fraction of sp³-hybridized carbons (Fsp3) is 0.318. The van der Waals surface area contributed by atoms with E-state index in [1.807, 2.05) is 37.3 Å². The molecule has 5 rings (SSSR count). The van der Waals surface area contributed by atoms with E-state index >= 15 is 0 Å². The molecule has 10 heteroatoms. The molecule has 4 heterocycles. The van der Waals surface area contributed by atoms with E-state index in [-0.39, 0.29) is 0 Å². The van der Waals surface area contributed by atoms with Crippen molar-refractivity contribution in [2.24, 2.45) is 0 Å². The van der Waals surface area contributed by atoms with Gasteiger partial charge in [-0.2, -0.15) is 4.98 Å². The second-order valence-electron chi connectivity index (χ2n) is 7.51. The lowest BCUT2D eigenvalue weighted by Crippen LogP contribution is -2.46. The first kappa shape index (κ1) is 20.1. The van der Waals surface area contributed by atoms with Crippen molar-refractivity contribution < 1.29 is 13.7 Å². The van der Waals surface area contributed by atoms with E-state index in [2.05, 4.69) is 35.1 Å². The topological polar surface area (TPSA) is 106 Å². The summed E-state index contributed by atoms with van der Waals surface area (Å²) >= 11 is 0. The summed E-state index contributed by atoms with van der Waals surface area (Å²) in [5.74, 6) is 2.96. The highest BCUT2D eigenvalue weighted by Gasteiger charge is 2.24. The average molecular weight is 433 g/mol. The molecule has 1 aliphatic heterocycles. The molecular formula is C22H23N7O3. The molecule has 0 bridgehead atoms. The predicted molar refractivity (Wildman–Crippen MR) is 116 cm³/mol. The van der Waals surface area contributed by atoms with Gasteiger partial charge in [0.15, 0.2) is 5.82 Å². The van der Waals surface area contributed by atoms with Crippen molar-refractivity contribution in [1.29, 1.82) is 0 Å². The number of hydrogen-bond donors (Lipinski definition) is 0. The zero-order valence-electron chi connectivity index (χ0n) is 17.9. The predicted octanol–water partition coefficient (Wildman–Crippen LogP) is 2.82. The first-order valence-electron chi connectivity index (χ1n) is 10.4. The molecule has 10 nitrogen and oxygen atoms in total. The second-order valence-corrected chi connectivity index (χ2v) is 7.51.